The van der Waals surface area contributed by atoms with Crippen molar-refractivity contribution in [2.24, 2.45) is 5.92 Å². The van der Waals surface area contributed by atoms with Gasteiger partial charge in [-0.3, -0.25) is 0 Å². The average Bonchev–Trinajstić information content (AvgIpc) is 2.73. The minimum Gasteiger partial charge on any atom is -0.302 e. The zero-order valence-corrected chi connectivity index (χ0v) is 9.45. The highest BCUT2D eigenvalue weighted by Gasteiger charge is 2.50. The number of hydrazine groups is 1. The number of carbonyl (C=O) groups excluding carboxylic acids is 1. The van der Waals surface area contributed by atoms with E-state index in [1.807, 2.05) is 0 Å². The van der Waals surface area contributed by atoms with Crippen LogP contribution in [-0.2, 0) is 11.2 Å². The molecule has 1 saturated heterocycles. The van der Waals surface area contributed by atoms with Gasteiger partial charge in [0.15, 0.2) is 0 Å². The Hall–Kier alpha value is -1.40. The highest BCUT2D eigenvalue weighted by Crippen LogP contribution is 2.31. The van der Waals surface area contributed by atoms with Crippen LogP contribution in [0, 0.1) is 5.92 Å². The van der Waals surface area contributed by atoms with Gasteiger partial charge in [0.2, 0.25) is 0 Å². The van der Waals surface area contributed by atoms with Crippen LogP contribution in [0.1, 0.15) is 5.56 Å². The van der Waals surface area contributed by atoms with Gasteiger partial charge in [0, 0.05) is 5.92 Å². The summed E-state index contributed by atoms with van der Waals surface area (Å²) in [4.78, 5) is 10.8. The molecule has 1 aliphatic heterocycles. The SMILES string of the molecule is O=CC1NNC(C(F)(F)F)C1Cc1ccccc1. The summed E-state index contributed by atoms with van der Waals surface area (Å²) in [6.45, 7) is 0. The second kappa shape index (κ2) is 5.07. The zero-order valence-electron chi connectivity index (χ0n) is 9.45. The van der Waals surface area contributed by atoms with Gasteiger partial charge in [-0.25, -0.2) is 10.9 Å². The molecule has 6 heteroatoms. The molecule has 18 heavy (non-hydrogen) atoms. The first kappa shape index (κ1) is 13.0. The summed E-state index contributed by atoms with van der Waals surface area (Å²) in [5, 5.41) is 0. The molecular formula is C12H13F3N2O. The fourth-order valence-corrected chi connectivity index (χ4v) is 2.20. The van der Waals surface area contributed by atoms with Gasteiger partial charge >= 0.3 is 6.18 Å². The third-order valence-corrected chi connectivity index (χ3v) is 3.11. The third-order valence-electron chi connectivity index (χ3n) is 3.11. The summed E-state index contributed by atoms with van der Waals surface area (Å²) in [5.41, 5.74) is 5.34. The van der Waals surface area contributed by atoms with Gasteiger partial charge in [-0.1, -0.05) is 30.3 Å². The number of aldehydes is 1. The fourth-order valence-electron chi connectivity index (χ4n) is 2.20. The molecule has 1 aromatic carbocycles. The van der Waals surface area contributed by atoms with Gasteiger partial charge < -0.3 is 4.79 Å². The van der Waals surface area contributed by atoms with Crippen LogP contribution in [0.4, 0.5) is 13.2 Å². The number of hydrogen-bond acceptors (Lipinski definition) is 3. The number of benzene rings is 1. The van der Waals surface area contributed by atoms with Crippen molar-refractivity contribution in [1.82, 2.24) is 10.9 Å². The van der Waals surface area contributed by atoms with E-state index in [9.17, 15) is 18.0 Å². The van der Waals surface area contributed by atoms with Crippen LogP contribution in [0.5, 0.6) is 0 Å². The monoisotopic (exact) mass is 258 g/mol. The maximum atomic E-state index is 12.8. The normalized spacial score (nSPS) is 28.3. The van der Waals surface area contributed by atoms with Crippen LogP contribution < -0.4 is 10.9 Å². The van der Waals surface area contributed by atoms with E-state index in [1.54, 1.807) is 30.3 Å². The summed E-state index contributed by atoms with van der Waals surface area (Å²) in [6.07, 6.45) is -3.65. The molecule has 2 rings (SSSR count). The Bertz CT molecular complexity index is 408. The topological polar surface area (TPSA) is 41.1 Å². The van der Waals surface area contributed by atoms with E-state index in [2.05, 4.69) is 10.9 Å². The minimum atomic E-state index is -4.37. The minimum absolute atomic E-state index is 0.203. The second-order valence-electron chi connectivity index (χ2n) is 4.32. The van der Waals surface area contributed by atoms with Crippen molar-refractivity contribution in [3.8, 4) is 0 Å². The van der Waals surface area contributed by atoms with Gasteiger partial charge in [0.1, 0.15) is 12.3 Å². The molecule has 1 heterocycles. The predicted octanol–water partition coefficient (Wildman–Crippen LogP) is 1.45. The standard InChI is InChI=1S/C12H13F3N2O/c13-12(14,15)11-9(10(7-18)16-17-11)6-8-4-2-1-3-5-8/h1-5,7,9-11,16-17H,6H2. The molecular weight excluding hydrogens is 245 g/mol. The first-order chi connectivity index (χ1) is 8.52. The summed E-state index contributed by atoms with van der Waals surface area (Å²) in [5.74, 6) is -0.829. The molecule has 0 bridgehead atoms. The van der Waals surface area contributed by atoms with E-state index in [1.165, 1.54) is 0 Å². The highest BCUT2D eigenvalue weighted by molar-refractivity contribution is 5.59. The Labute approximate surface area is 102 Å². The molecule has 2 N–H and O–H groups in total. The molecule has 1 fully saturated rings. The quantitative estimate of drug-likeness (QED) is 0.806. The molecule has 0 radical (unpaired) electrons. The zero-order chi connectivity index (χ0) is 13.2. The first-order valence-electron chi connectivity index (χ1n) is 5.59. The van der Waals surface area contributed by atoms with Gasteiger partial charge in [-0.05, 0) is 12.0 Å². The van der Waals surface area contributed by atoms with E-state index in [-0.39, 0.29) is 6.42 Å². The lowest BCUT2D eigenvalue weighted by Crippen LogP contribution is -2.44. The van der Waals surface area contributed by atoms with Crippen molar-refractivity contribution in [2.45, 2.75) is 24.7 Å². The molecule has 0 aliphatic carbocycles. The number of halogens is 3. The molecule has 3 atom stereocenters. The Morgan fingerprint density at radius 3 is 2.39 bits per heavy atom. The third kappa shape index (κ3) is 2.70. The maximum Gasteiger partial charge on any atom is 0.405 e. The Morgan fingerprint density at radius 1 is 1.17 bits per heavy atom. The van der Waals surface area contributed by atoms with Crippen molar-refractivity contribution < 1.29 is 18.0 Å². The molecule has 98 valence electrons. The summed E-state index contributed by atoms with van der Waals surface area (Å²) in [7, 11) is 0. The summed E-state index contributed by atoms with van der Waals surface area (Å²) in [6, 6.07) is 6.33. The van der Waals surface area contributed by atoms with Crippen LogP contribution in [0.2, 0.25) is 0 Å². The first-order valence-corrected chi connectivity index (χ1v) is 5.59. The van der Waals surface area contributed by atoms with Gasteiger partial charge in [0.05, 0.1) is 6.04 Å². The summed E-state index contributed by atoms with van der Waals surface area (Å²) >= 11 is 0. The van der Waals surface area contributed by atoms with Crippen LogP contribution in [-0.4, -0.2) is 24.5 Å². The Morgan fingerprint density at radius 2 is 1.83 bits per heavy atom. The van der Waals surface area contributed by atoms with Crippen LogP contribution >= 0.6 is 0 Å². The number of rotatable bonds is 3. The van der Waals surface area contributed by atoms with E-state index < -0.39 is 24.2 Å². The number of nitrogens with one attached hydrogen (secondary N) is 2. The van der Waals surface area contributed by atoms with E-state index in [0.717, 1.165) is 5.56 Å². The lowest BCUT2D eigenvalue weighted by molar-refractivity contribution is -0.161. The Balaban J connectivity index is 2.18. The van der Waals surface area contributed by atoms with Crippen molar-refractivity contribution in [3.05, 3.63) is 35.9 Å². The molecule has 0 spiro atoms. The van der Waals surface area contributed by atoms with Crippen LogP contribution in [0.3, 0.4) is 0 Å². The maximum absolute atomic E-state index is 12.8. The average molecular weight is 258 g/mol. The number of hydrogen-bond donors (Lipinski definition) is 2. The van der Waals surface area contributed by atoms with Crippen molar-refractivity contribution in [2.75, 3.05) is 0 Å². The van der Waals surface area contributed by atoms with E-state index >= 15 is 0 Å². The molecule has 0 aromatic heterocycles. The van der Waals surface area contributed by atoms with E-state index in [4.69, 9.17) is 0 Å². The lowest BCUT2D eigenvalue weighted by atomic mass is 9.88. The Kier molecular flexibility index (Phi) is 3.68. The summed E-state index contributed by atoms with van der Waals surface area (Å²) < 4.78 is 38.4. The van der Waals surface area contributed by atoms with E-state index in [0.29, 0.717) is 6.29 Å². The number of alkyl halides is 3. The fraction of sp³-hybridized carbons (Fsp3) is 0.417. The predicted molar refractivity (Wildman–Crippen MR) is 59.6 cm³/mol. The second-order valence-corrected chi connectivity index (χ2v) is 4.32. The van der Waals surface area contributed by atoms with Crippen molar-refractivity contribution in [3.63, 3.8) is 0 Å². The molecule has 3 unspecified atom stereocenters. The van der Waals surface area contributed by atoms with Gasteiger partial charge in [-0.2, -0.15) is 13.2 Å². The van der Waals surface area contributed by atoms with Crippen molar-refractivity contribution in [1.29, 1.82) is 0 Å². The molecule has 0 amide bonds. The van der Waals surface area contributed by atoms with Gasteiger partial charge in [0.25, 0.3) is 0 Å². The van der Waals surface area contributed by atoms with Gasteiger partial charge in [-0.15, -0.1) is 0 Å². The van der Waals surface area contributed by atoms with Crippen molar-refractivity contribution >= 4 is 6.29 Å². The number of carbonyl (C=O) groups is 1. The smallest absolute Gasteiger partial charge is 0.302 e. The molecule has 1 aliphatic rings. The van der Waals surface area contributed by atoms with Crippen LogP contribution in [0.15, 0.2) is 30.3 Å². The molecule has 3 nitrogen and oxygen atoms in total. The molecule has 1 aromatic rings. The van der Waals surface area contributed by atoms with Crippen LogP contribution in [0.25, 0.3) is 0 Å². The largest absolute Gasteiger partial charge is 0.405 e. The molecule has 0 saturated carbocycles. The lowest BCUT2D eigenvalue weighted by Gasteiger charge is -2.22. The highest BCUT2D eigenvalue weighted by atomic mass is 19.4.